The van der Waals surface area contributed by atoms with Crippen LogP contribution in [0.15, 0.2) is 47.1 Å². The van der Waals surface area contributed by atoms with Crippen molar-refractivity contribution < 1.29 is 9.90 Å². The summed E-state index contributed by atoms with van der Waals surface area (Å²) >= 11 is 3.38. The molecular formula is C15H13BrN2O2. The number of amides is 1. The smallest absolute Gasteiger partial charge is 0.256 e. The molecule has 1 aromatic heterocycles. The van der Waals surface area contributed by atoms with Gasteiger partial charge in [-0.15, -0.1) is 0 Å². The molecule has 0 unspecified atom stereocenters. The zero-order valence-corrected chi connectivity index (χ0v) is 12.2. The molecular weight excluding hydrogens is 320 g/mol. The van der Waals surface area contributed by atoms with E-state index < -0.39 is 6.10 Å². The van der Waals surface area contributed by atoms with E-state index in [0.717, 1.165) is 21.4 Å². The molecule has 1 amide bonds. The topological polar surface area (TPSA) is 53.4 Å². The van der Waals surface area contributed by atoms with Gasteiger partial charge in [0, 0.05) is 17.1 Å². The third-order valence-corrected chi connectivity index (χ3v) is 3.76. The molecule has 4 nitrogen and oxygen atoms in total. The Labute approximate surface area is 125 Å². The molecule has 3 rings (SSSR count). The van der Waals surface area contributed by atoms with Gasteiger partial charge >= 0.3 is 0 Å². The fourth-order valence-electron chi connectivity index (χ4n) is 2.35. The summed E-state index contributed by atoms with van der Waals surface area (Å²) in [5, 5.41) is 9.90. The van der Waals surface area contributed by atoms with Crippen LogP contribution in [0.5, 0.6) is 0 Å². The SMILES string of the molecule is O=C1[C@@H](O)Cc2ncc(Br)cc2N1Cc1ccccc1. The Morgan fingerprint density at radius 1 is 1.35 bits per heavy atom. The second kappa shape index (κ2) is 5.34. The lowest BCUT2D eigenvalue weighted by Gasteiger charge is -2.31. The summed E-state index contributed by atoms with van der Waals surface area (Å²) in [6.07, 6.45) is 0.939. The number of aliphatic hydroxyl groups excluding tert-OH is 1. The number of rotatable bonds is 2. The lowest BCUT2D eigenvalue weighted by molar-refractivity contribution is -0.127. The number of aromatic nitrogens is 1. The molecule has 1 aliphatic heterocycles. The molecule has 1 N–H and O–H groups in total. The van der Waals surface area contributed by atoms with Crippen LogP contribution in [0.4, 0.5) is 5.69 Å². The van der Waals surface area contributed by atoms with Crippen molar-refractivity contribution in [2.45, 2.75) is 19.1 Å². The van der Waals surface area contributed by atoms with Gasteiger partial charge in [-0.1, -0.05) is 30.3 Å². The number of hydrogen-bond donors (Lipinski definition) is 1. The average molecular weight is 333 g/mol. The van der Waals surface area contributed by atoms with Gasteiger partial charge in [0.25, 0.3) is 5.91 Å². The Kier molecular flexibility index (Phi) is 3.54. The van der Waals surface area contributed by atoms with Gasteiger partial charge in [-0.25, -0.2) is 0 Å². The molecule has 0 fully saturated rings. The predicted molar refractivity (Wildman–Crippen MR) is 79.3 cm³/mol. The molecule has 0 spiro atoms. The molecule has 0 bridgehead atoms. The minimum absolute atomic E-state index is 0.271. The quantitative estimate of drug-likeness (QED) is 0.918. The zero-order valence-electron chi connectivity index (χ0n) is 10.7. The Balaban J connectivity index is 2.00. The summed E-state index contributed by atoms with van der Waals surface area (Å²) in [6, 6.07) is 11.6. The van der Waals surface area contributed by atoms with E-state index in [1.54, 1.807) is 11.1 Å². The van der Waals surface area contributed by atoms with Crippen molar-refractivity contribution in [3.63, 3.8) is 0 Å². The van der Waals surface area contributed by atoms with Crippen LogP contribution in [0.1, 0.15) is 11.3 Å². The van der Waals surface area contributed by atoms with Gasteiger partial charge in [-0.2, -0.15) is 0 Å². The number of anilines is 1. The lowest BCUT2D eigenvalue weighted by atomic mass is 10.0. The van der Waals surface area contributed by atoms with E-state index in [9.17, 15) is 9.90 Å². The molecule has 2 heterocycles. The van der Waals surface area contributed by atoms with Crippen molar-refractivity contribution in [3.8, 4) is 0 Å². The maximum Gasteiger partial charge on any atom is 0.256 e. The summed E-state index contributed by atoms with van der Waals surface area (Å²) in [5.74, 6) is -0.277. The highest BCUT2D eigenvalue weighted by atomic mass is 79.9. The van der Waals surface area contributed by atoms with Crippen LogP contribution in [0.25, 0.3) is 0 Å². The number of benzene rings is 1. The summed E-state index contributed by atoms with van der Waals surface area (Å²) in [5.41, 5.74) is 2.52. The van der Waals surface area contributed by atoms with Crippen LogP contribution in [-0.4, -0.2) is 22.1 Å². The number of pyridine rings is 1. The predicted octanol–water partition coefficient (Wildman–Crippen LogP) is 2.29. The van der Waals surface area contributed by atoms with Crippen molar-refractivity contribution in [3.05, 3.63) is 58.3 Å². The number of carbonyl (C=O) groups is 1. The first kappa shape index (κ1) is 13.3. The first-order chi connectivity index (χ1) is 9.65. The zero-order chi connectivity index (χ0) is 14.1. The third kappa shape index (κ3) is 2.46. The number of fused-ring (bicyclic) bond motifs is 1. The Hall–Kier alpha value is -1.72. The standard InChI is InChI=1S/C15H13BrN2O2/c16-11-6-13-12(17-8-11)7-14(19)15(20)18(13)9-10-4-2-1-3-5-10/h1-6,8,14,19H,7,9H2/t14-/m0/s1. The van der Waals surface area contributed by atoms with Crippen LogP contribution in [-0.2, 0) is 17.8 Å². The molecule has 0 saturated carbocycles. The van der Waals surface area contributed by atoms with Crippen LogP contribution in [0.3, 0.4) is 0 Å². The highest BCUT2D eigenvalue weighted by Crippen LogP contribution is 2.30. The molecule has 2 aromatic rings. The van der Waals surface area contributed by atoms with E-state index >= 15 is 0 Å². The Bertz CT molecular complexity index is 646. The van der Waals surface area contributed by atoms with Crippen molar-refractivity contribution in [2.75, 3.05) is 4.90 Å². The van der Waals surface area contributed by atoms with Gasteiger partial charge in [-0.3, -0.25) is 9.78 Å². The van der Waals surface area contributed by atoms with E-state index in [-0.39, 0.29) is 12.3 Å². The van der Waals surface area contributed by atoms with Gasteiger partial charge in [0.1, 0.15) is 6.10 Å². The van der Waals surface area contributed by atoms with Crippen LogP contribution in [0.2, 0.25) is 0 Å². The maximum atomic E-state index is 12.2. The lowest BCUT2D eigenvalue weighted by Crippen LogP contribution is -2.44. The van der Waals surface area contributed by atoms with Crippen molar-refractivity contribution in [1.82, 2.24) is 4.98 Å². The van der Waals surface area contributed by atoms with Gasteiger partial charge in [0.05, 0.1) is 17.9 Å². The van der Waals surface area contributed by atoms with E-state index in [2.05, 4.69) is 20.9 Å². The number of hydrogen-bond acceptors (Lipinski definition) is 3. The fraction of sp³-hybridized carbons (Fsp3) is 0.200. The minimum Gasteiger partial charge on any atom is -0.383 e. The summed E-state index contributed by atoms with van der Waals surface area (Å²) in [6.45, 7) is 0.432. The highest BCUT2D eigenvalue weighted by molar-refractivity contribution is 9.10. The first-order valence-electron chi connectivity index (χ1n) is 6.33. The Morgan fingerprint density at radius 3 is 2.85 bits per heavy atom. The first-order valence-corrected chi connectivity index (χ1v) is 7.12. The fourth-order valence-corrected chi connectivity index (χ4v) is 2.67. The van der Waals surface area contributed by atoms with Crippen molar-refractivity contribution >= 4 is 27.5 Å². The van der Waals surface area contributed by atoms with Gasteiger partial charge in [-0.05, 0) is 27.6 Å². The molecule has 102 valence electrons. The van der Waals surface area contributed by atoms with Crippen LogP contribution in [0, 0.1) is 0 Å². The summed E-state index contributed by atoms with van der Waals surface area (Å²) in [7, 11) is 0. The van der Waals surface area contributed by atoms with Crippen LogP contribution >= 0.6 is 15.9 Å². The normalized spacial score (nSPS) is 18.0. The van der Waals surface area contributed by atoms with Gasteiger partial charge < -0.3 is 10.0 Å². The van der Waals surface area contributed by atoms with Gasteiger partial charge in [0.15, 0.2) is 0 Å². The maximum absolute atomic E-state index is 12.2. The van der Waals surface area contributed by atoms with Crippen molar-refractivity contribution in [2.24, 2.45) is 0 Å². The van der Waals surface area contributed by atoms with E-state index in [1.807, 2.05) is 36.4 Å². The summed E-state index contributed by atoms with van der Waals surface area (Å²) < 4.78 is 0.818. The molecule has 0 aliphatic carbocycles. The molecule has 0 radical (unpaired) electrons. The van der Waals surface area contributed by atoms with Gasteiger partial charge in [0.2, 0.25) is 0 Å². The minimum atomic E-state index is -1.01. The number of aliphatic hydroxyl groups is 1. The molecule has 1 aromatic carbocycles. The number of halogens is 1. The van der Waals surface area contributed by atoms with E-state index in [4.69, 9.17) is 0 Å². The average Bonchev–Trinajstić information content (AvgIpc) is 2.46. The second-order valence-electron chi connectivity index (χ2n) is 4.75. The molecule has 1 aliphatic rings. The largest absolute Gasteiger partial charge is 0.383 e. The van der Waals surface area contributed by atoms with Crippen molar-refractivity contribution in [1.29, 1.82) is 0 Å². The third-order valence-electron chi connectivity index (χ3n) is 3.33. The molecule has 1 atom stereocenters. The van der Waals surface area contributed by atoms with Crippen LogP contribution < -0.4 is 4.90 Å². The monoisotopic (exact) mass is 332 g/mol. The number of nitrogens with zero attached hydrogens (tertiary/aromatic N) is 2. The van der Waals surface area contributed by atoms with E-state index in [1.165, 1.54) is 0 Å². The Morgan fingerprint density at radius 2 is 2.10 bits per heavy atom. The molecule has 5 heteroatoms. The molecule has 20 heavy (non-hydrogen) atoms. The molecule has 0 saturated heterocycles. The summed E-state index contributed by atoms with van der Waals surface area (Å²) in [4.78, 5) is 18.1. The highest BCUT2D eigenvalue weighted by Gasteiger charge is 2.32. The second-order valence-corrected chi connectivity index (χ2v) is 5.66. The van der Waals surface area contributed by atoms with E-state index in [0.29, 0.717) is 6.54 Å². The number of carbonyl (C=O) groups excluding carboxylic acids is 1.